The molecule has 1 heteroatoms. The second-order valence-corrected chi connectivity index (χ2v) is 5.05. The van der Waals surface area contributed by atoms with Crippen molar-refractivity contribution in [1.29, 1.82) is 0 Å². The quantitative estimate of drug-likeness (QED) is 0.541. The van der Waals surface area contributed by atoms with Gasteiger partial charge >= 0.3 is 0 Å². The fourth-order valence-electron chi connectivity index (χ4n) is 2.91. The molecule has 0 amide bonds. The van der Waals surface area contributed by atoms with Crippen LogP contribution in [0.1, 0.15) is 23.3 Å². The number of hydrogen-bond donors (Lipinski definition) is 0. The molecule has 0 N–H and O–H groups in total. The first-order valence-corrected chi connectivity index (χ1v) is 6.43. The Kier molecular flexibility index (Phi) is 1.93. The van der Waals surface area contributed by atoms with Gasteiger partial charge in [0.05, 0.1) is 0 Å². The largest absolute Gasteiger partial charge is 0.461 e. The van der Waals surface area contributed by atoms with E-state index >= 15 is 0 Å². The van der Waals surface area contributed by atoms with Gasteiger partial charge in [-0.15, -0.1) is 0 Å². The second kappa shape index (κ2) is 3.49. The first-order valence-electron chi connectivity index (χ1n) is 6.43. The van der Waals surface area contributed by atoms with Gasteiger partial charge in [-0.3, -0.25) is 0 Å². The fourth-order valence-corrected chi connectivity index (χ4v) is 2.91. The minimum atomic E-state index is 0.977. The van der Waals surface area contributed by atoms with E-state index in [-0.39, 0.29) is 0 Å². The standard InChI is InChI=1S/C17H14O/c1-11-8-14-9-16-13(10-17(14)18-11)7-6-12-4-2-3-5-15(12)16/h3,5-10H,2,4H2,1H3. The summed E-state index contributed by atoms with van der Waals surface area (Å²) in [6.07, 6.45) is 6.85. The second-order valence-electron chi connectivity index (χ2n) is 5.05. The lowest BCUT2D eigenvalue weighted by molar-refractivity contribution is 0.579. The Morgan fingerprint density at radius 2 is 2.00 bits per heavy atom. The third-order valence-corrected chi connectivity index (χ3v) is 3.78. The normalized spacial score (nSPS) is 14.3. The lowest BCUT2D eigenvalue weighted by Gasteiger charge is -2.13. The van der Waals surface area contributed by atoms with Gasteiger partial charge in [0.15, 0.2) is 0 Å². The van der Waals surface area contributed by atoms with Gasteiger partial charge < -0.3 is 4.42 Å². The molecular formula is C17H14O. The zero-order chi connectivity index (χ0) is 12.1. The van der Waals surface area contributed by atoms with Gasteiger partial charge in [0.2, 0.25) is 0 Å². The summed E-state index contributed by atoms with van der Waals surface area (Å²) in [5.74, 6) is 0.977. The molecule has 1 nitrogen and oxygen atoms in total. The smallest absolute Gasteiger partial charge is 0.134 e. The van der Waals surface area contributed by atoms with Crippen molar-refractivity contribution < 1.29 is 4.42 Å². The lowest BCUT2D eigenvalue weighted by atomic mass is 9.92. The lowest BCUT2D eigenvalue weighted by Crippen LogP contribution is -1.94. The van der Waals surface area contributed by atoms with Crippen LogP contribution in [0, 0.1) is 6.92 Å². The van der Waals surface area contributed by atoms with E-state index in [0.717, 1.165) is 24.2 Å². The van der Waals surface area contributed by atoms with Crippen LogP contribution in [0.4, 0.5) is 0 Å². The van der Waals surface area contributed by atoms with Crippen LogP contribution >= 0.6 is 0 Å². The van der Waals surface area contributed by atoms with Crippen molar-refractivity contribution in [2.45, 2.75) is 19.8 Å². The van der Waals surface area contributed by atoms with Gasteiger partial charge in [0, 0.05) is 5.39 Å². The maximum Gasteiger partial charge on any atom is 0.134 e. The zero-order valence-electron chi connectivity index (χ0n) is 10.4. The Morgan fingerprint density at radius 1 is 1.06 bits per heavy atom. The molecule has 1 aliphatic carbocycles. The summed E-state index contributed by atoms with van der Waals surface area (Å²) in [5.41, 5.74) is 3.84. The first kappa shape index (κ1) is 9.95. The number of hydrogen-bond acceptors (Lipinski definition) is 1. The third-order valence-electron chi connectivity index (χ3n) is 3.78. The SMILES string of the molecule is Cc1cc2cc3c4c(ccc3cc2o1)CCC=C4. The minimum absolute atomic E-state index is 0.977. The van der Waals surface area contributed by atoms with Crippen LogP contribution in [-0.4, -0.2) is 0 Å². The molecule has 0 fully saturated rings. The highest BCUT2D eigenvalue weighted by Crippen LogP contribution is 2.32. The molecule has 88 valence electrons. The molecule has 0 unspecified atom stereocenters. The van der Waals surface area contributed by atoms with Crippen molar-refractivity contribution in [1.82, 2.24) is 0 Å². The summed E-state index contributed by atoms with van der Waals surface area (Å²) in [4.78, 5) is 0. The van der Waals surface area contributed by atoms with Crippen LogP contribution < -0.4 is 0 Å². The number of rotatable bonds is 0. The molecule has 0 spiro atoms. The van der Waals surface area contributed by atoms with Gasteiger partial charge in [-0.2, -0.15) is 0 Å². The Labute approximate surface area is 106 Å². The Morgan fingerprint density at radius 3 is 2.94 bits per heavy atom. The highest BCUT2D eigenvalue weighted by atomic mass is 16.3. The van der Waals surface area contributed by atoms with Crippen molar-refractivity contribution in [3.63, 3.8) is 0 Å². The third kappa shape index (κ3) is 1.34. The zero-order valence-corrected chi connectivity index (χ0v) is 10.4. The van der Waals surface area contributed by atoms with E-state index < -0.39 is 0 Å². The van der Waals surface area contributed by atoms with Crippen LogP contribution in [0.5, 0.6) is 0 Å². The van der Waals surface area contributed by atoms with E-state index in [1.165, 1.54) is 27.3 Å². The van der Waals surface area contributed by atoms with Gasteiger partial charge in [0.1, 0.15) is 11.3 Å². The van der Waals surface area contributed by atoms with Gasteiger partial charge in [-0.25, -0.2) is 0 Å². The molecular weight excluding hydrogens is 220 g/mol. The first-order chi connectivity index (χ1) is 8.81. The van der Waals surface area contributed by atoms with Crippen molar-refractivity contribution >= 4 is 27.8 Å². The number of allylic oxidation sites excluding steroid dienone is 1. The number of benzene rings is 2. The fraction of sp³-hybridized carbons (Fsp3) is 0.176. The Balaban J connectivity index is 2.15. The molecule has 0 radical (unpaired) electrons. The van der Waals surface area contributed by atoms with Crippen molar-refractivity contribution in [2.75, 3.05) is 0 Å². The van der Waals surface area contributed by atoms with Gasteiger partial charge in [-0.05, 0) is 59.9 Å². The highest BCUT2D eigenvalue weighted by Gasteiger charge is 2.10. The monoisotopic (exact) mass is 234 g/mol. The van der Waals surface area contributed by atoms with E-state index in [2.05, 4.69) is 42.5 Å². The predicted octanol–water partition coefficient (Wildman–Crippen LogP) is 4.85. The molecule has 0 bridgehead atoms. The topological polar surface area (TPSA) is 13.1 Å². The maximum absolute atomic E-state index is 5.70. The average Bonchev–Trinajstić information content (AvgIpc) is 2.75. The summed E-state index contributed by atoms with van der Waals surface area (Å²) >= 11 is 0. The molecule has 1 aliphatic rings. The van der Waals surface area contributed by atoms with Crippen LogP contribution in [0.25, 0.3) is 27.8 Å². The summed E-state index contributed by atoms with van der Waals surface area (Å²) in [6, 6.07) is 11.0. The summed E-state index contributed by atoms with van der Waals surface area (Å²) in [6.45, 7) is 2.00. The Hall–Kier alpha value is -2.02. The molecule has 1 heterocycles. The molecule has 1 aromatic heterocycles. The van der Waals surface area contributed by atoms with Crippen LogP contribution in [0.3, 0.4) is 0 Å². The maximum atomic E-state index is 5.70. The van der Waals surface area contributed by atoms with E-state index in [1.54, 1.807) is 0 Å². The number of furan rings is 1. The summed E-state index contributed by atoms with van der Waals surface area (Å²) < 4.78 is 5.70. The summed E-state index contributed by atoms with van der Waals surface area (Å²) in [5, 5.41) is 3.81. The van der Waals surface area contributed by atoms with E-state index in [0.29, 0.717) is 0 Å². The number of fused-ring (bicyclic) bond motifs is 4. The van der Waals surface area contributed by atoms with Crippen molar-refractivity contribution in [3.8, 4) is 0 Å². The van der Waals surface area contributed by atoms with Crippen molar-refractivity contribution in [2.24, 2.45) is 0 Å². The minimum Gasteiger partial charge on any atom is -0.461 e. The number of aryl methyl sites for hydroxylation is 2. The van der Waals surface area contributed by atoms with Crippen LogP contribution in [0.2, 0.25) is 0 Å². The predicted molar refractivity (Wildman–Crippen MR) is 75.8 cm³/mol. The van der Waals surface area contributed by atoms with Gasteiger partial charge in [0.25, 0.3) is 0 Å². The molecule has 2 aromatic carbocycles. The molecule has 0 saturated carbocycles. The van der Waals surface area contributed by atoms with Gasteiger partial charge in [-0.1, -0.05) is 24.3 Å². The van der Waals surface area contributed by atoms with E-state index in [1.807, 2.05) is 6.92 Å². The Bertz CT molecular complexity index is 790. The van der Waals surface area contributed by atoms with Crippen LogP contribution in [-0.2, 0) is 6.42 Å². The molecule has 0 atom stereocenters. The van der Waals surface area contributed by atoms with E-state index in [9.17, 15) is 0 Å². The average molecular weight is 234 g/mol. The van der Waals surface area contributed by atoms with E-state index in [4.69, 9.17) is 4.42 Å². The molecule has 0 saturated heterocycles. The molecule has 3 aromatic rings. The summed E-state index contributed by atoms with van der Waals surface area (Å²) in [7, 11) is 0. The molecule has 0 aliphatic heterocycles. The molecule has 18 heavy (non-hydrogen) atoms. The van der Waals surface area contributed by atoms with Crippen LogP contribution in [0.15, 0.2) is 40.8 Å². The van der Waals surface area contributed by atoms with Crippen molar-refractivity contribution in [3.05, 3.63) is 53.3 Å². The highest BCUT2D eigenvalue weighted by molar-refractivity contribution is 6.01. The molecule has 4 rings (SSSR count).